The lowest BCUT2D eigenvalue weighted by molar-refractivity contribution is 0.0967. The summed E-state index contributed by atoms with van der Waals surface area (Å²) in [6.45, 7) is 0. The second kappa shape index (κ2) is 4.05. The van der Waals surface area contributed by atoms with Crippen LogP contribution >= 0.6 is 0 Å². The fraction of sp³-hybridized carbons (Fsp3) is 0.286. The van der Waals surface area contributed by atoms with Gasteiger partial charge in [-0.1, -0.05) is 0 Å². The summed E-state index contributed by atoms with van der Waals surface area (Å²) in [5, 5.41) is 0.631. The number of hydrogen-bond donors (Lipinski definition) is 0. The summed E-state index contributed by atoms with van der Waals surface area (Å²) < 4.78 is 18.7. The van der Waals surface area contributed by atoms with Crippen molar-refractivity contribution in [1.82, 2.24) is 4.98 Å². The molecule has 1 heterocycles. The molecule has 0 saturated carbocycles. The van der Waals surface area contributed by atoms with Gasteiger partial charge >= 0.3 is 0 Å². The summed E-state index contributed by atoms with van der Waals surface area (Å²) in [5.41, 5.74) is 1.89. The number of hydrogen-bond acceptors (Lipinski definition) is 3. The van der Waals surface area contributed by atoms with Gasteiger partial charge in [-0.05, 0) is 31.0 Å². The number of nitrogens with zero attached hydrogens (tertiary/aromatic N) is 1. The Balaban J connectivity index is 2.39. The van der Waals surface area contributed by atoms with Crippen LogP contribution in [0.2, 0.25) is 0 Å². The van der Waals surface area contributed by atoms with E-state index >= 15 is 0 Å². The maximum atomic E-state index is 13.3. The highest BCUT2D eigenvalue weighted by molar-refractivity contribution is 6.01. The summed E-state index contributed by atoms with van der Waals surface area (Å²) in [5.74, 6) is 0.299. The number of halogens is 1. The summed E-state index contributed by atoms with van der Waals surface area (Å²) in [7, 11) is 1.54. The van der Waals surface area contributed by atoms with E-state index in [1.54, 1.807) is 13.2 Å². The third kappa shape index (κ3) is 1.56. The van der Waals surface area contributed by atoms with Gasteiger partial charge in [-0.2, -0.15) is 0 Å². The maximum absolute atomic E-state index is 13.3. The largest absolute Gasteiger partial charge is 0.496 e. The minimum Gasteiger partial charge on any atom is -0.496 e. The van der Waals surface area contributed by atoms with Crippen molar-refractivity contribution in [2.75, 3.05) is 7.11 Å². The quantitative estimate of drug-likeness (QED) is 0.775. The van der Waals surface area contributed by atoms with Crippen molar-refractivity contribution < 1.29 is 13.9 Å². The number of ether oxygens (including phenoxy) is 1. The predicted octanol–water partition coefficient (Wildman–Crippen LogP) is 2.90. The zero-order valence-corrected chi connectivity index (χ0v) is 10.00. The molecular weight excluding hydrogens is 233 g/mol. The van der Waals surface area contributed by atoms with E-state index in [1.807, 2.05) is 0 Å². The molecule has 0 amide bonds. The normalized spacial score (nSPS) is 14.7. The van der Waals surface area contributed by atoms with Gasteiger partial charge in [0, 0.05) is 17.4 Å². The molecule has 3 rings (SSSR count). The molecule has 0 bridgehead atoms. The molecule has 0 atom stereocenters. The lowest BCUT2D eigenvalue weighted by Crippen LogP contribution is -2.14. The number of carbonyl (C=O) groups excluding carboxylic acids is 1. The molecular formula is C14H12FNO2. The highest BCUT2D eigenvalue weighted by Gasteiger charge is 2.24. The minimum absolute atomic E-state index is 0.0424. The Morgan fingerprint density at radius 1 is 1.33 bits per heavy atom. The summed E-state index contributed by atoms with van der Waals surface area (Å²) in [6, 6.07) is 4.32. The van der Waals surface area contributed by atoms with E-state index in [4.69, 9.17) is 4.74 Å². The number of methoxy groups -OCH3 is 1. The zero-order chi connectivity index (χ0) is 12.7. The van der Waals surface area contributed by atoms with E-state index in [0.717, 1.165) is 18.4 Å². The Morgan fingerprint density at radius 2 is 2.17 bits per heavy atom. The molecule has 2 aromatic rings. The first kappa shape index (κ1) is 11.1. The van der Waals surface area contributed by atoms with Crippen molar-refractivity contribution in [3.05, 3.63) is 35.3 Å². The first-order valence-electron chi connectivity index (χ1n) is 5.90. The number of benzene rings is 1. The predicted molar refractivity (Wildman–Crippen MR) is 65.5 cm³/mol. The van der Waals surface area contributed by atoms with Crippen LogP contribution in [-0.4, -0.2) is 17.9 Å². The van der Waals surface area contributed by atoms with Crippen LogP contribution < -0.4 is 4.74 Å². The van der Waals surface area contributed by atoms with Crippen molar-refractivity contribution >= 4 is 16.7 Å². The van der Waals surface area contributed by atoms with Gasteiger partial charge in [-0.15, -0.1) is 0 Å². The number of carbonyl (C=O) groups is 1. The number of fused-ring (bicyclic) bond motifs is 2. The van der Waals surface area contributed by atoms with Gasteiger partial charge in [-0.25, -0.2) is 9.37 Å². The zero-order valence-electron chi connectivity index (χ0n) is 10.00. The molecule has 0 saturated heterocycles. The first-order chi connectivity index (χ1) is 8.70. The van der Waals surface area contributed by atoms with Crippen LogP contribution in [0.1, 0.15) is 28.9 Å². The Bertz CT molecular complexity index is 652. The highest BCUT2D eigenvalue weighted by atomic mass is 19.1. The van der Waals surface area contributed by atoms with Crippen LogP contribution in [-0.2, 0) is 6.42 Å². The molecule has 1 aromatic heterocycles. The third-order valence-electron chi connectivity index (χ3n) is 3.29. The fourth-order valence-corrected chi connectivity index (χ4v) is 2.49. The van der Waals surface area contributed by atoms with Crippen LogP contribution in [0.15, 0.2) is 18.2 Å². The van der Waals surface area contributed by atoms with Crippen molar-refractivity contribution in [2.24, 2.45) is 0 Å². The van der Waals surface area contributed by atoms with E-state index in [0.29, 0.717) is 28.8 Å². The van der Waals surface area contributed by atoms with Gasteiger partial charge < -0.3 is 4.74 Å². The van der Waals surface area contributed by atoms with Crippen LogP contribution in [0.25, 0.3) is 10.9 Å². The van der Waals surface area contributed by atoms with Crippen LogP contribution in [0.3, 0.4) is 0 Å². The van der Waals surface area contributed by atoms with Crippen molar-refractivity contribution in [1.29, 1.82) is 0 Å². The second-order valence-corrected chi connectivity index (χ2v) is 4.41. The van der Waals surface area contributed by atoms with Crippen molar-refractivity contribution in [2.45, 2.75) is 19.3 Å². The van der Waals surface area contributed by atoms with E-state index in [-0.39, 0.29) is 11.6 Å². The van der Waals surface area contributed by atoms with Gasteiger partial charge in [0.1, 0.15) is 17.3 Å². The first-order valence-corrected chi connectivity index (χ1v) is 5.90. The Hall–Kier alpha value is -1.97. The number of ketones is 1. The van der Waals surface area contributed by atoms with Crippen LogP contribution in [0.4, 0.5) is 4.39 Å². The molecule has 0 radical (unpaired) electrons. The van der Waals surface area contributed by atoms with E-state index < -0.39 is 0 Å². The molecule has 4 heteroatoms. The standard InChI is InChI=1S/C14H12FNO2/c1-18-14-9-3-2-4-12(17)13(9)16-11-6-5-8(15)7-10(11)14/h5-7H,2-4H2,1H3. The molecule has 0 unspecified atom stereocenters. The number of rotatable bonds is 1. The Kier molecular flexibility index (Phi) is 2.51. The monoisotopic (exact) mass is 245 g/mol. The minimum atomic E-state index is -0.329. The summed E-state index contributed by atoms with van der Waals surface area (Å²) in [6.07, 6.45) is 2.07. The number of pyridine rings is 1. The van der Waals surface area contributed by atoms with Crippen molar-refractivity contribution in [3.63, 3.8) is 0 Å². The van der Waals surface area contributed by atoms with Crippen LogP contribution in [0.5, 0.6) is 5.75 Å². The van der Waals surface area contributed by atoms with Crippen LogP contribution in [0, 0.1) is 5.82 Å². The lowest BCUT2D eigenvalue weighted by Gasteiger charge is -2.18. The Labute approximate surface area is 104 Å². The molecule has 0 spiro atoms. The van der Waals surface area contributed by atoms with Gasteiger partial charge in [0.05, 0.1) is 12.6 Å². The SMILES string of the molecule is COc1c2c(nc3ccc(F)cc13)C(=O)CCC2. The molecule has 0 fully saturated rings. The Morgan fingerprint density at radius 3 is 2.94 bits per heavy atom. The topological polar surface area (TPSA) is 39.2 Å². The summed E-state index contributed by atoms with van der Waals surface area (Å²) in [4.78, 5) is 16.2. The third-order valence-corrected chi connectivity index (χ3v) is 3.29. The van der Waals surface area contributed by atoms with Gasteiger partial charge in [0.15, 0.2) is 5.78 Å². The molecule has 1 aromatic carbocycles. The van der Waals surface area contributed by atoms with Crippen molar-refractivity contribution in [3.8, 4) is 5.75 Å². The smallest absolute Gasteiger partial charge is 0.181 e. The lowest BCUT2D eigenvalue weighted by atomic mass is 9.92. The summed E-state index contributed by atoms with van der Waals surface area (Å²) >= 11 is 0. The van der Waals surface area contributed by atoms with E-state index in [9.17, 15) is 9.18 Å². The number of Topliss-reactive ketones (excluding diaryl/α,β-unsaturated/α-hetero) is 1. The molecule has 3 nitrogen and oxygen atoms in total. The molecule has 1 aliphatic carbocycles. The number of aromatic nitrogens is 1. The molecule has 0 aliphatic heterocycles. The highest BCUT2D eigenvalue weighted by Crippen LogP contribution is 2.35. The van der Waals surface area contributed by atoms with E-state index in [2.05, 4.69) is 4.98 Å². The van der Waals surface area contributed by atoms with Gasteiger partial charge in [0.25, 0.3) is 0 Å². The molecule has 18 heavy (non-hydrogen) atoms. The molecule has 1 aliphatic rings. The fourth-order valence-electron chi connectivity index (χ4n) is 2.49. The van der Waals surface area contributed by atoms with Gasteiger partial charge in [0.2, 0.25) is 0 Å². The maximum Gasteiger partial charge on any atom is 0.181 e. The van der Waals surface area contributed by atoms with Gasteiger partial charge in [-0.3, -0.25) is 4.79 Å². The molecule has 0 N–H and O–H groups in total. The second-order valence-electron chi connectivity index (χ2n) is 4.41. The van der Waals surface area contributed by atoms with E-state index in [1.165, 1.54) is 12.1 Å². The molecule has 92 valence electrons. The average Bonchev–Trinajstić information content (AvgIpc) is 2.37. The average molecular weight is 245 g/mol.